The van der Waals surface area contributed by atoms with Crippen molar-refractivity contribution < 1.29 is 14.3 Å². The number of carbonyl (C=O) groups is 1. The zero-order chi connectivity index (χ0) is 13.1. The molecule has 2 rings (SSSR count). The molecule has 0 bridgehead atoms. The summed E-state index contributed by atoms with van der Waals surface area (Å²) in [6.45, 7) is 3.97. The zero-order valence-electron chi connectivity index (χ0n) is 11.2. The van der Waals surface area contributed by atoms with Gasteiger partial charge < -0.3 is 9.47 Å². The van der Waals surface area contributed by atoms with Crippen LogP contribution in [0.5, 0.6) is 5.75 Å². The van der Waals surface area contributed by atoms with Crippen molar-refractivity contribution in [2.45, 2.75) is 38.9 Å². The van der Waals surface area contributed by atoms with Crippen molar-refractivity contribution in [3.63, 3.8) is 0 Å². The van der Waals surface area contributed by atoms with Crippen molar-refractivity contribution in [2.75, 3.05) is 7.11 Å². The Morgan fingerprint density at radius 1 is 1.22 bits per heavy atom. The maximum absolute atomic E-state index is 12.2. The predicted molar refractivity (Wildman–Crippen MR) is 70.1 cm³/mol. The number of carbonyl (C=O) groups excluding carboxylic acids is 1. The third kappa shape index (κ3) is 3.10. The average Bonchev–Trinajstić information content (AvgIpc) is 3.14. The van der Waals surface area contributed by atoms with Crippen LogP contribution in [0, 0.1) is 5.92 Å². The van der Waals surface area contributed by atoms with E-state index in [-0.39, 0.29) is 17.8 Å². The van der Waals surface area contributed by atoms with Crippen molar-refractivity contribution in [1.82, 2.24) is 0 Å². The Bertz CT molecular complexity index is 404. The topological polar surface area (TPSA) is 35.5 Å². The quantitative estimate of drug-likeness (QED) is 0.726. The maximum Gasteiger partial charge on any atom is 0.191 e. The summed E-state index contributed by atoms with van der Waals surface area (Å²) in [5.41, 5.74) is 0.679. The minimum absolute atomic E-state index is 0.0328. The lowest BCUT2D eigenvalue weighted by molar-refractivity contribution is 0.0458. The second-order valence-electron chi connectivity index (χ2n) is 5.11. The predicted octanol–water partition coefficient (Wildman–Crippen LogP) is 3.08. The van der Waals surface area contributed by atoms with E-state index in [1.807, 2.05) is 38.1 Å². The molecule has 1 atom stereocenters. The minimum Gasteiger partial charge on any atom is -0.490 e. The van der Waals surface area contributed by atoms with Crippen LogP contribution in [0.3, 0.4) is 0 Å². The van der Waals surface area contributed by atoms with Crippen LogP contribution in [0.1, 0.15) is 37.0 Å². The van der Waals surface area contributed by atoms with E-state index in [0.29, 0.717) is 11.7 Å². The largest absolute Gasteiger partial charge is 0.490 e. The van der Waals surface area contributed by atoms with Crippen LogP contribution in [0.25, 0.3) is 0 Å². The molecular formula is C15H20O3. The van der Waals surface area contributed by atoms with Gasteiger partial charge in [0.15, 0.2) is 5.78 Å². The molecule has 98 valence electrons. The fraction of sp³-hybridized carbons (Fsp3) is 0.533. The van der Waals surface area contributed by atoms with Gasteiger partial charge in [0.25, 0.3) is 0 Å². The Kier molecular flexibility index (Phi) is 4.02. The summed E-state index contributed by atoms with van der Waals surface area (Å²) in [6.07, 6.45) is 2.29. The number of Topliss-reactive ketones (excluding diaryl/α,β-unsaturated/α-hetero) is 1. The van der Waals surface area contributed by atoms with Gasteiger partial charge in [0.05, 0.1) is 6.10 Å². The van der Waals surface area contributed by atoms with Crippen molar-refractivity contribution >= 4 is 5.78 Å². The lowest BCUT2D eigenvalue weighted by Crippen LogP contribution is -2.28. The highest BCUT2D eigenvalue weighted by Gasteiger charge is 2.25. The Labute approximate surface area is 108 Å². The third-order valence-corrected chi connectivity index (χ3v) is 3.08. The molecule has 0 amide bonds. The molecule has 3 nitrogen and oxygen atoms in total. The van der Waals surface area contributed by atoms with Gasteiger partial charge in [0.1, 0.15) is 11.9 Å². The summed E-state index contributed by atoms with van der Waals surface area (Å²) in [6, 6.07) is 7.35. The van der Waals surface area contributed by atoms with E-state index in [0.717, 1.165) is 18.6 Å². The molecule has 0 heterocycles. The number of rotatable bonds is 6. The van der Waals surface area contributed by atoms with E-state index in [4.69, 9.17) is 9.47 Å². The molecule has 1 aromatic carbocycles. The van der Waals surface area contributed by atoms with E-state index >= 15 is 0 Å². The molecule has 0 aromatic heterocycles. The van der Waals surface area contributed by atoms with Gasteiger partial charge in [0, 0.05) is 12.7 Å². The molecule has 1 unspecified atom stereocenters. The van der Waals surface area contributed by atoms with Crippen molar-refractivity contribution in [3.05, 3.63) is 29.8 Å². The van der Waals surface area contributed by atoms with E-state index in [9.17, 15) is 4.79 Å². The molecule has 18 heavy (non-hydrogen) atoms. The molecule has 1 aromatic rings. The first-order valence-corrected chi connectivity index (χ1v) is 6.45. The van der Waals surface area contributed by atoms with Gasteiger partial charge in [-0.05, 0) is 43.0 Å². The number of benzene rings is 1. The summed E-state index contributed by atoms with van der Waals surface area (Å²) in [5.74, 6) is 1.04. The normalized spacial score (nSPS) is 16.7. The van der Waals surface area contributed by atoms with Crippen LogP contribution in [0.2, 0.25) is 0 Å². The van der Waals surface area contributed by atoms with Crippen LogP contribution in [0.4, 0.5) is 0 Å². The number of ketones is 1. The highest BCUT2D eigenvalue weighted by atomic mass is 16.5. The highest BCUT2D eigenvalue weighted by Crippen LogP contribution is 2.27. The first-order chi connectivity index (χ1) is 8.61. The van der Waals surface area contributed by atoms with Gasteiger partial charge in [-0.25, -0.2) is 0 Å². The molecule has 0 N–H and O–H groups in total. The third-order valence-electron chi connectivity index (χ3n) is 3.08. The Morgan fingerprint density at radius 2 is 1.83 bits per heavy atom. The second kappa shape index (κ2) is 5.53. The van der Waals surface area contributed by atoms with Crippen LogP contribution in [-0.4, -0.2) is 25.1 Å². The van der Waals surface area contributed by atoms with Crippen molar-refractivity contribution in [1.29, 1.82) is 0 Å². The van der Waals surface area contributed by atoms with Crippen LogP contribution in [0.15, 0.2) is 24.3 Å². The number of hydrogen-bond donors (Lipinski definition) is 0. The van der Waals surface area contributed by atoms with Gasteiger partial charge in [-0.1, -0.05) is 13.8 Å². The summed E-state index contributed by atoms with van der Waals surface area (Å²) in [7, 11) is 1.58. The standard InChI is InChI=1S/C15H20O3/c1-10(2)15(17-3)14(16)11-4-6-12(7-5-11)18-13-8-9-13/h4-7,10,13,15H,8-9H2,1-3H3. The van der Waals surface area contributed by atoms with Crippen LogP contribution in [-0.2, 0) is 4.74 Å². The Hall–Kier alpha value is -1.35. The highest BCUT2D eigenvalue weighted by molar-refractivity contribution is 5.99. The number of ether oxygens (including phenoxy) is 2. The fourth-order valence-corrected chi connectivity index (χ4v) is 1.92. The number of methoxy groups -OCH3 is 1. The molecule has 0 saturated heterocycles. The van der Waals surface area contributed by atoms with Gasteiger partial charge in [-0.3, -0.25) is 4.79 Å². The van der Waals surface area contributed by atoms with E-state index in [1.54, 1.807) is 7.11 Å². The second-order valence-corrected chi connectivity index (χ2v) is 5.11. The van der Waals surface area contributed by atoms with Gasteiger partial charge >= 0.3 is 0 Å². The average molecular weight is 248 g/mol. The van der Waals surface area contributed by atoms with Crippen LogP contribution >= 0.6 is 0 Å². The fourth-order valence-electron chi connectivity index (χ4n) is 1.92. The summed E-state index contributed by atoms with van der Waals surface area (Å²) >= 11 is 0. The van der Waals surface area contributed by atoms with Gasteiger partial charge in [-0.2, -0.15) is 0 Å². The summed E-state index contributed by atoms with van der Waals surface area (Å²) in [4.78, 5) is 12.2. The van der Waals surface area contributed by atoms with E-state index in [1.165, 1.54) is 0 Å². The molecule has 1 saturated carbocycles. The molecule has 1 aliphatic carbocycles. The molecule has 0 spiro atoms. The van der Waals surface area contributed by atoms with Gasteiger partial charge in [-0.15, -0.1) is 0 Å². The Morgan fingerprint density at radius 3 is 2.28 bits per heavy atom. The first kappa shape index (κ1) is 13.1. The molecule has 3 heteroatoms. The molecule has 0 radical (unpaired) electrons. The van der Waals surface area contributed by atoms with E-state index < -0.39 is 0 Å². The molecule has 0 aliphatic heterocycles. The summed E-state index contributed by atoms with van der Waals surface area (Å²) < 4.78 is 10.9. The minimum atomic E-state index is -0.375. The molecule has 1 fully saturated rings. The van der Waals surface area contributed by atoms with Crippen molar-refractivity contribution in [3.8, 4) is 5.75 Å². The van der Waals surface area contributed by atoms with Gasteiger partial charge in [0.2, 0.25) is 0 Å². The summed E-state index contributed by atoms with van der Waals surface area (Å²) in [5, 5.41) is 0. The smallest absolute Gasteiger partial charge is 0.191 e. The Balaban J connectivity index is 2.05. The SMILES string of the molecule is COC(C(=O)c1ccc(OC2CC2)cc1)C(C)C. The molecular weight excluding hydrogens is 228 g/mol. The van der Waals surface area contributed by atoms with Crippen LogP contribution < -0.4 is 4.74 Å². The lowest BCUT2D eigenvalue weighted by atomic mass is 9.97. The first-order valence-electron chi connectivity index (χ1n) is 6.45. The lowest BCUT2D eigenvalue weighted by Gasteiger charge is -2.17. The van der Waals surface area contributed by atoms with Crippen molar-refractivity contribution in [2.24, 2.45) is 5.92 Å². The zero-order valence-corrected chi connectivity index (χ0v) is 11.2. The number of hydrogen-bond acceptors (Lipinski definition) is 3. The van der Waals surface area contributed by atoms with E-state index in [2.05, 4.69) is 0 Å². The maximum atomic E-state index is 12.2. The molecule has 1 aliphatic rings. The monoisotopic (exact) mass is 248 g/mol.